The second-order valence-corrected chi connectivity index (χ2v) is 8.93. The zero-order valence-corrected chi connectivity index (χ0v) is 15.7. The van der Waals surface area contributed by atoms with Crippen molar-refractivity contribution in [3.8, 4) is 0 Å². The van der Waals surface area contributed by atoms with Gasteiger partial charge < -0.3 is 4.74 Å². The molecule has 0 saturated carbocycles. The van der Waals surface area contributed by atoms with E-state index < -0.39 is 10.0 Å². The molecule has 1 aromatic heterocycles. The second-order valence-electron chi connectivity index (χ2n) is 4.35. The second kappa shape index (κ2) is 8.10. The lowest BCUT2D eigenvalue weighted by Crippen LogP contribution is -2.40. The minimum absolute atomic E-state index is 0.0820. The molecular weight excluding hydrogens is 386 g/mol. The van der Waals surface area contributed by atoms with Crippen LogP contribution in [0.25, 0.3) is 0 Å². The van der Waals surface area contributed by atoms with E-state index in [-0.39, 0.29) is 10.9 Å². The first-order valence-electron chi connectivity index (χ1n) is 6.23. The van der Waals surface area contributed by atoms with Crippen molar-refractivity contribution in [2.24, 2.45) is 0 Å². The monoisotopic (exact) mass is 403 g/mol. The average Bonchev–Trinajstić information content (AvgIpc) is 2.80. The van der Waals surface area contributed by atoms with Gasteiger partial charge in [-0.1, -0.05) is 6.92 Å². The quantitative estimate of drug-likeness (QED) is 0.621. The highest BCUT2D eigenvalue weighted by Gasteiger charge is 2.31. The highest BCUT2D eigenvalue weighted by atomic mass is 79.9. The van der Waals surface area contributed by atoms with Gasteiger partial charge >= 0.3 is 0 Å². The van der Waals surface area contributed by atoms with Crippen molar-refractivity contribution in [1.82, 2.24) is 4.31 Å². The number of sulfonamides is 1. The topological polar surface area (TPSA) is 46.6 Å². The van der Waals surface area contributed by atoms with E-state index in [2.05, 4.69) is 15.9 Å². The van der Waals surface area contributed by atoms with Crippen molar-refractivity contribution in [2.45, 2.75) is 37.1 Å². The van der Waals surface area contributed by atoms with Crippen LogP contribution in [0.1, 0.15) is 25.1 Å². The van der Waals surface area contributed by atoms with E-state index in [1.807, 2.05) is 13.8 Å². The zero-order chi connectivity index (χ0) is 15.3. The molecule has 1 rings (SSSR count). The summed E-state index contributed by atoms with van der Waals surface area (Å²) in [5.41, 5.74) is 0. The van der Waals surface area contributed by atoms with Crippen LogP contribution in [0.5, 0.6) is 0 Å². The Morgan fingerprint density at radius 1 is 1.55 bits per heavy atom. The van der Waals surface area contributed by atoms with Gasteiger partial charge in [-0.2, -0.15) is 4.31 Å². The van der Waals surface area contributed by atoms with E-state index >= 15 is 0 Å². The Bertz CT molecular complexity index is 533. The van der Waals surface area contributed by atoms with Crippen LogP contribution in [0.3, 0.4) is 0 Å². The van der Waals surface area contributed by atoms with Crippen LogP contribution in [0.2, 0.25) is 0 Å². The van der Waals surface area contributed by atoms with Gasteiger partial charge in [0.1, 0.15) is 4.90 Å². The highest BCUT2D eigenvalue weighted by Crippen LogP contribution is 2.35. The third-order valence-corrected chi connectivity index (χ3v) is 7.74. The van der Waals surface area contributed by atoms with Crippen molar-refractivity contribution >= 4 is 48.9 Å². The van der Waals surface area contributed by atoms with E-state index in [1.54, 1.807) is 13.2 Å². The minimum Gasteiger partial charge on any atom is -0.383 e. The summed E-state index contributed by atoms with van der Waals surface area (Å²) in [5, 5.41) is 0. The third-order valence-electron chi connectivity index (χ3n) is 3.02. The fraction of sp³-hybridized carbons (Fsp3) is 0.667. The summed E-state index contributed by atoms with van der Waals surface area (Å²) in [6.45, 7) is 4.57. The van der Waals surface area contributed by atoms with Crippen molar-refractivity contribution in [3.05, 3.63) is 14.7 Å². The molecule has 1 aromatic rings. The van der Waals surface area contributed by atoms with E-state index in [0.717, 1.165) is 11.3 Å². The number of hydrogen-bond donors (Lipinski definition) is 0. The molecule has 0 aliphatic heterocycles. The smallest absolute Gasteiger partial charge is 0.245 e. The van der Waals surface area contributed by atoms with E-state index in [4.69, 9.17) is 16.3 Å². The van der Waals surface area contributed by atoms with Crippen LogP contribution in [-0.4, -0.2) is 39.0 Å². The van der Waals surface area contributed by atoms with E-state index in [1.165, 1.54) is 15.6 Å². The molecular formula is C12H19BrClNO3S2. The molecule has 0 bridgehead atoms. The number of ether oxygens (including phenoxy) is 1. The summed E-state index contributed by atoms with van der Waals surface area (Å²) in [7, 11) is -1.98. The number of methoxy groups -OCH3 is 1. The van der Waals surface area contributed by atoms with Gasteiger partial charge in [0.25, 0.3) is 0 Å². The molecule has 0 aliphatic rings. The van der Waals surface area contributed by atoms with Crippen molar-refractivity contribution in [2.75, 3.05) is 20.3 Å². The van der Waals surface area contributed by atoms with Crippen LogP contribution in [-0.2, 0) is 20.6 Å². The SMILES string of the molecule is CCC(C)N(CCOC)S(=O)(=O)c1cc(CCl)sc1Br. The average molecular weight is 405 g/mol. The molecule has 116 valence electrons. The summed E-state index contributed by atoms with van der Waals surface area (Å²) in [4.78, 5) is 1.11. The molecule has 0 radical (unpaired) electrons. The van der Waals surface area contributed by atoms with Gasteiger partial charge in [-0.15, -0.1) is 22.9 Å². The van der Waals surface area contributed by atoms with Gasteiger partial charge in [-0.25, -0.2) is 8.42 Å². The number of hydrogen-bond acceptors (Lipinski definition) is 4. The highest BCUT2D eigenvalue weighted by molar-refractivity contribution is 9.11. The molecule has 0 spiro atoms. The maximum Gasteiger partial charge on any atom is 0.245 e. The summed E-state index contributed by atoms with van der Waals surface area (Å²) in [5.74, 6) is 0.306. The number of rotatable bonds is 8. The Balaban J connectivity index is 3.17. The normalized spacial score (nSPS) is 13.9. The Labute approximate surface area is 138 Å². The Kier molecular flexibility index (Phi) is 7.45. The number of alkyl halides is 1. The molecule has 0 aromatic carbocycles. The lowest BCUT2D eigenvalue weighted by molar-refractivity contribution is 0.167. The molecule has 0 saturated heterocycles. The van der Waals surface area contributed by atoms with Gasteiger partial charge in [0, 0.05) is 24.6 Å². The summed E-state index contributed by atoms with van der Waals surface area (Å²) >= 11 is 10.4. The molecule has 8 heteroatoms. The minimum atomic E-state index is -3.55. The predicted octanol–water partition coefficient (Wildman–Crippen LogP) is 3.69. The maximum atomic E-state index is 12.8. The maximum absolute atomic E-state index is 12.8. The molecule has 0 N–H and O–H groups in total. The lowest BCUT2D eigenvalue weighted by atomic mass is 10.3. The number of thiophene rings is 1. The van der Waals surface area contributed by atoms with Crippen LogP contribution in [0.4, 0.5) is 0 Å². The van der Waals surface area contributed by atoms with Gasteiger partial charge in [0.2, 0.25) is 10.0 Å². The van der Waals surface area contributed by atoms with E-state index in [0.29, 0.717) is 22.8 Å². The number of halogens is 2. The molecule has 1 atom stereocenters. The molecule has 1 unspecified atom stereocenters. The lowest BCUT2D eigenvalue weighted by Gasteiger charge is -2.27. The van der Waals surface area contributed by atoms with Crippen molar-refractivity contribution in [3.63, 3.8) is 0 Å². The fourth-order valence-corrected chi connectivity index (χ4v) is 6.14. The van der Waals surface area contributed by atoms with Crippen LogP contribution >= 0.6 is 38.9 Å². The van der Waals surface area contributed by atoms with Gasteiger partial charge in [0.05, 0.1) is 16.3 Å². The van der Waals surface area contributed by atoms with E-state index in [9.17, 15) is 8.42 Å². The van der Waals surface area contributed by atoms with Crippen molar-refractivity contribution < 1.29 is 13.2 Å². The molecule has 0 amide bonds. The van der Waals surface area contributed by atoms with Gasteiger partial charge in [-0.3, -0.25) is 0 Å². The standard InChI is InChI=1S/C12H19BrClNO3S2/c1-4-9(2)15(5-6-18-3)20(16,17)11-7-10(8-14)19-12(11)13/h7,9H,4-6,8H2,1-3H3. The Hall–Kier alpha value is 0.340. The molecule has 1 heterocycles. The third kappa shape index (κ3) is 4.18. The molecule has 0 aliphatic carbocycles. The Morgan fingerprint density at radius 2 is 2.20 bits per heavy atom. The summed E-state index contributed by atoms with van der Waals surface area (Å²) < 4.78 is 32.7. The Morgan fingerprint density at radius 3 is 2.65 bits per heavy atom. The fourth-order valence-electron chi connectivity index (χ4n) is 1.73. The van der Waals surface area contributed by atoms with Crippen molar-refractivity contribution in [1.29, 1.82) is 0 Å². The molecule has 20 heavy (non-hydrogen) atoms. The first-order valence-corrected chi connectivity index (χ1v) is 9.81. The van der Waals surface area contributed by atoms with Crippen LogP contribution < -0.4 is 0 Å². The predicted molar refractivity (Wildman–Crippen MR) is 87.1 cm³/mol. The first-order chi connectivity index (χ1) is 9.38. The van der Waals surface area contributed by atoms with Gasteiger partial charge in [-0.05, 0) is 35.3 Å². The van der Waals surface area contributed by atoms with Gasteiger partial charge in [0.15, 0.2) is 0 Å². The molecule has 0 fully saturated rings. The first kappa shape index (κ1) is 18.4. The summed E-state index contributed by atoms with van der Waals surface area (Å²) in [6.07, 6.45) is 0.743. The van der Waals surface area contributed by atoms with Crippen LogP contribution in [0.15, 0.2) is 14.7 Å². The molecule has 4 nitrogen and oxygen atoms in total. The summed E-state index contributed by atoms with van der Waals surface area (Å²) in [6, 6.07) is 1.56. The zero-order valence-electron chi connectivity index (χ0n) is 11.7. The van der Waals surface area contributed by atoms with Crippen LogP contribution in [0, 0.1) is 0 Å². The number of nitrogens with zero attached hydrogens (tertiary/aromatic N) is 1. The largest absolute Gasteiger partial charge is 0.383 e.